The molecule has 1 aromatic rings. The van der Waals surface area contributed by atoms with Crippen LogP contribution in [0.25, 0.3) is 0 Å². The molecule has 0 spiro atoms. The summed E-state index contributed by atoms with van der Waals surface area (Å²) in [6.07, 6.45) is 4.16. The first-order valence-electron chi connectivity index (χ1n) is 5.77. The van der Waals surface area contributed by atoms with Crippen molar-refractivity contribution in [1.29, 1.82) is 0 Å². The van der Waals surface area contributed by atoms with E-state index in [1.165, 1.54) is 18.4 Å². The van der Waals surface area contributed by atoms with Crippen LogP contribution in [-0.4, -0.2) is 24.7 Å². The van der Waals surface area contributed by atoms with Gasteiger partial charge in [-0.1, -0.05) is 37.6 Å². The van der Waals surface area contributed by atoms with E-state index in [1.807, 2.05) is 12.1 Å². The minimum Gasteiger partial charge on any atom is -0.323 e. The van der Waals surface area contributed by atoms with Crippen LogP contribution in [0.15, 0.2) is 29.4 Å². The van der Waals surface area contributed by atoms with E-state index in [-0.39, 0.29) is 0 Å². The van der Waals surface area contributed by atoms with Crippen molar-refractivity contribution >= 4 is 6.21 Å². The second kappa shape index (κ2) is 7.01. The molecule has 0 saturated heterocycles. The van der Waals surface area contributed by atoms with Gasteiger partial charge in [0.2, 0.25) is 0 Å². The van der Waals surface area contributed by atoms with Gasteiger partial charge in [-0.05, 0) is 31.1 Å². The Balaban J connectivity index is 2.48. The normalized spacial score (nSPS) is 11.4. The van der Waals surface area contributed by atoms with Crippen molar-refractivity contribution in [3.8, 4) is 0 Å². The summed E-state index contributed by atoms with van der Waals surface area (Å²) in [5.74, 6) is 5.10. The first-order valence-corrected chi connectivity index (χ1v) is 5.77. The fraction of sp³-hybridized carbons (Fsp3) is 0.462. The molecule has 0 unspecified atom stereocenters. The van der Waals surface area contributed by atoms with Gasteiger partial charge in [0.15, 0.2) is 0 Å². The second-order valence-electron chi connectivity index (χ2n) is 4.11. The van der Waals surface area contributed by atoms with E-state index in [9.17, 15) is 0 Å². The molecule has 0 bridgehead atoms. The molecule has 0 fully saturated rings. The third kappa shape index (κ3) is 4.45. The third-order valence-corrected chi connectivity index (χ3v) is 2.55. The molecular formula is C13H21N3. The number of unbranched alkanes of at least 4 members (excludes halogenated alkanes) is 1. The van der Waals surface area contributed by atoms with Crippen molar-refractivity contribution in [2.24, 2.45) is 10.9 Å². The van der Waals surface area contributed by atoms with Crippen LogP contribution in [0.4, 0.5) is 0 Å². The Hall–Kier alpha value is -1.35. The lowest BCUT2D eigenvalue weighted by atomic mass is 10.1. The molecular weight excluding hydrogens is 198 g/mol. The van der Waals surface area contributed by atoms with Crippen molar-refractivity contribution in [3.63, 3.8) is 0 Å². The number of nitrogens with two attached hydrogens (primary N) is 1. The largest absolute Gasteiger partial charge is 0.323 e. The lowest BCUT2D eigenvalue weighted by molar-refractivity contribution is 0.321. The molecule has 3 nitrogen and oxygen atoms in total. The highest BCUT2D eigenvalue weighted by atomic mass is 15.1. The van der Waals surface area contributed by atoms with Crippen LogP contribution < -0.4 is 5.84 Å². The van der Waals surface area contributed by atoms with E-state index >= 15 is 0 Å². The number of hydrogen-bond donors (Lipinski definition) is 1. The number of benzene rings is 1. The Labute approximate surface area is 98.0 Å². The summed E-state index contributed by atoms with van der Waals surface area (Å²) in [4.78, 5) is 2.34. The maximum Gasteiger partial charge on any atom is 0.0538 e. The molecule has 0 amide bonds. The summed E-state index contributed by atoms with van der Waals surface area (Å²) in [6.45, 7) is 4.37. The predicted molar refractivity (Wildman–Crippen MR) is 69.5 cm³/mol. The highest BCUT2D eigenvalue weighted by Gasteiger charge is 1.99. The fourth-order valence-electron chi connectivity index (χ4n) is 1.61. The molecule has 0 heterocycles. The summed E-state index contributed by atoms with van der Waals surface area (Å²) in [5.41, 5.74) is 2.37. The van der Waals surface area contributed by atoms with Gasteiger partial charge in [-0.15, -0.1) is 0 Å². The van der Waals surface area contributed by atoms with Crippen LogP contribution in [0.2, 0.25) is 0 Å². The molecule has 1 rings (SSSR count). The van der Waals surface area contributed by atoms with Crippen LogP contribution in [0, 0.1) is 0 Å². The Morgan fingerprint density at radius 3 is 2.56 bits per heavy atom. The monoisotopic (exact) mass is 219 g/mol. The second-order valence-corrected chi connectivity index (χ2v) is 4.11. The first kappa shape index (κ1) is 12.7. The number of nitrogens with zero attached hydrogens (tertiary/aromatic N) is 2. The SMILES string of the molecule is CCCCN(C)Cc1ccc(C=NN)cc1. The lowest BCUT2D eigenvalue weighted by Crippen LogP contribution is -2.18. The summed E-state index contributed by atoms with van der Waals surface area (Å²) >= 11 is 0. The first-order chi connectivity index (χ1) is 7.76. The third-order valence-electron chi connectivity index (χ3n) is 2.55. The molecule has 0 aromatic heterocycles. The Morgan fingerprint density at radius 2 is 2.00 bits per heavy atom. The van der Waals surface area contributed by atoms with Crippen molar-refractivity contribution in [2.45, 2.75) is 26.3 Å². The van der Waals surface area contributed by atoms with E-state index in [0.717, 1.165) is 18.7 Å². The van der Waals surface area contributed by atoms with Crippen LogP contribution in [0.5, 0.6) is 0 Å². The smallest absolute Gasteiger partial charge is 0.0538 e. The molecule has 88 valence electrons. The number of hydrogen-bond acceptors (Lipinski definition) is 3. The minimum absolute atomic E-state index is 1.00. The summed E-state index contributed by atoms with van der Waals surface area (Å²) in [5, 5.41) is 3.50. The van der Waals surface area contributed by atoms with E-state index in [0.29, 0.717) is 0 Å². The molecule has 0 saturated carbocycles. The van der Waals surface area contributed by atoms with Crippen LogP contribution in [0.1, 0.15) is 30.9 Å². The van der Waals surface area contributed by atoms with Crippen molar-refractivity contribution in [1.82, 2.24) is 4.90 Å². The van der Waals surface area contributed by atoms with E-state index in [4.69, 9.17) is 5.84 Å². The van der Waals surface area contributed by atoms with Crippen LogP contribution >= 0.6 is 0 Å². The zero-order valence-corrected chi connectivity index (χ0v) is 10.2. The van der Waals surface area contributed by atoms with Crippen LogP contribution in [-0.2, 0) is 6.54 Å². The van der Waals surface area contributed by atoms with E-state index < -0.39 is 0 Å². The van der Waals surface area contributed by atoms with Gasteiger partial charge in [0.25, 0.3) is 0 Å². The van der Waals surface area contributed by atoms with Crippen molar-refractivity contribution in [3.05, 3.63) is 35.4 Å². The summed E-state index contributed by atoms with van der Waals surface area (Å²) < 4.78 is 0. The van der Waals surface area contributed by atoms with Crippen LogP contribution in [0.3, 0.4) is 0 Å². The highest BCUT2D eigenvalue weighted by Crippen LogP contribution is 2.06. The summed E-state index contributed by atoms with van der Waals surface area (Å²) in [7, 11) is 2.16. The Morgan fingerprint density at radius 1 is 1.31 bits per heavy atom. The van der Waals surface area contributed by atoms with E-state index in [2.05, 4.69) is 36.1 Å². The molecule has 0 atom stereocenters. The fourth-order valence-corrected chi connectivity index (χ4v) is 1.61. The van der Waals surface area contributed by atoms with E-state index in [1.54, 1.807) is 6.21 Å². The molecule has 1 aromatic carbocycles. The molecule has 16 heavy (non-hydrogen) atoms. The Kier molecular flexibility index (Phi) is 5.57. The molecule has 0 aliphatic rings. The maximum atomic E-state index is 5.10. The Bertz CT molecular complexity index is 316. The zero-order chi connectivity index (χ0) is 11.8. The van der Waals surface area contributed by atoms with Gasteiger partial charge in [0.05, 0.1) is 6.21 Å². The quantitative estimate of drug-likeness (QED) is 0.453. The zero-order valence-electron chi connectivity index (χ0n) is 10.2. The van der Waals surface area contributed by atoms with Gasteiger partial charge in [-0.25, -0.2) is 0 Å². The topological polar surface area (TPSA) is 41.6 Å². The van der Waals surface area contributed by atoms with Gasteiger partial charge in [-0.2, -0.15) is 5.10 Å². The average Bonchev–Trinajstić information content (AvgIpc) is 2.29. The van der Waals surface area contributed by atoms with Gasteiger partial charge < -0.3 is 10.7 Å². The van der Waals surface area contributed by atoms with Crippen molar-refractivity contribution < 1.29 is 0 Å². The minimum atomic E-state index is 1.00. The summed E-state index contributed by atoms with van der Waals surface area (Å²) in [6, 6.07) is 8.33. The van der Waals surface area contributed by atoms with Crippen molar-refractivity contribution in [2.75, 3.05) is 13.6 Å². The van der Waals surface area contributed by atoms with Gasteiger partial charge in [0.1, 0.15) is 0 Å². The van der Waals surface area contributed by atoms with Gasteiger partial charge in [0, 0.05) is 6.54 Å². The maximum absolute atomic E-state index is 5.10. The van der Waals surface area contributed by atoms with Gasteiger partial charge >= 0.3 is 0 Å². The molecule has 0 aliphatic carbocycles. The number of rotatable bonds is 6. The van der Waals surface area contributed by atoms with Gasteiger partial charge in [-0.3, -0.25) is 0 Å². The average molecular weight is 219 g/mol. The lowest BCUT2D eigenvalue weighted by Gasteiger charge is -2.16. The molecule has 2 N–H and O–H groups in total. The molecule has 0 aliphatic heterocycles. The highest BCUT2D eigenvalue weighted by molar-refractivity contribution is 5.79. The molecule has 0 radical (unpaired) electrons. The standard InChI is InChI=1S/C13H21N3/c1-3-4-9-16(2)11-13-7-5-12(6-8-13)10-15-14/h5-8,10H,3-4,9,11,14H2,1-2H3. The number of hydrazone groups is 1. The molecule has 3 heteroatoms. The predicted octanol–water partition coefficient (Wildman–Crippen LogP) is 2.21.